The summed E-state index contributed by atoms with van der Waals surface area (Å²) < 4.78 is 0.532. The average Bonchev–Trinajstić information content (AvgIpc) is 2.21. The number of allylic oxidation sites excluding steroid dienone is 3. The molecule has 1 saturated heterocycles. The van der Waals surface area contributed by atoms with Crippen LogP contribution in [0.25, 0.3) is 0 Å². The molecule has 0 aromatic heterocycles. The van der Waals surface area contributed by atoms with Gasteiger partial charge in [0.1, 0.15) is 5.41 Å². The minimum absolute atomic E-state index is 0.141. The molecule has 1 fully saturated rings. The number of nitrogens with one attached hydrogen (secondary N) is 2. The van der Waals surface area contributed by atoms with Gasteiger partial charge in [-0.25, -0.2) is 4.79 Å². The number of rotatable bonds is 4. The van der Waals surface area contributed by atoms with Crippen molar-refractivity contribution in [2.75, 3.05) is 0 Å². The summed E-state index contributed by atoms with van der Waals surface area (Å²) in [5, 5.41) is 4.26. The maximum Gasteiger partial charge on any atom is 0.328 e. The van der Waals surface area contributed by atoms with Crippen LogP contribution in [0.3, 0.4) is 0 Å². The molecule has 98 valence electrons. The molecular formula is C12H15BrN2O3. The van der Waals surface area contributed by atoms with E-state index in [0.717, 1.165) is 5.57 Å². The van der Waals surface area contributed by atoms with E-state index >= 15 is 0 Å². The Kier molecular flexibility index (Phi) is 4.45. The van der Waals surface area contributed by atoms with Crippen molar-refractivity contribution in [3.63, 3.8) is 0 Å². The molecule has 1 aliphatic rings. The zero-order valence-electron chi connectivity index (χ0n) is 10.3. The number of urea groups is 1. The molecule has 1 aliphatic heterocycles. The van der Waals surface area contributed by atoms with Gasteiger partial charge in [-0.2, -0.15) is 0 Å². The third-order valence-corrected chi connectivity index (χ3v) is 2.96. The van der Waals surface area contributed by atoms with E-state index in [-0.39, 0.29) is 12.8 Å². The predicted octanol–water partition coefficient (Wildman–Crippen LogP) is 1.99. The quantitative estimate of drug-likeness (QED) is 0.615. The van der Waals surface area contributed by atoms with E-state index in [1.165, 1.54) is 0 Å². The van der Waals surface area contributed by atoms with E-state index in [2.05, 4.69) is 33.1 Å². The SMILES string of the molecule is C=C(Br)CC1(CC=C(C)C)C(=O)NC(=O)NC1=O. The second-order valence-electron chi connectivity index (χ2n) is 4.50. The standard InChI is InChI=1S/C12H15BrN2O3/c1-7(2)4-5-12(6-8(3)13)9(16)14-11(18)15-10(12)17/h4H,3,5-6H2,1-2H3,(H2,14,15,16,17,18). The number of hydrogen-bond donors (Lipinski definition) is 2. The first-order valence-electron chi connectivity index (χ1n) is 5.41. The highest BCUT2D eigenvalue weighted by atomic mass is 79.9. The molecule has 0 radical (unpaired) electrons. The summed E-state index contributed by atoms with van der Waals surface area (Å²) in [6.07, 6.45) is 2.16. The van der Waals surface area contributed by atoms with Crippen molar-refractivity contribution in [1.82, 2.24) is 10.6 Å². The van der Waals surface area contributed by atoms with Gasteiger partial charge in [0.15, 0.2) is 0 Å². The number of hydrogen-bond acceptors (Lipinski definition) is 3. The Morgan fingerprint density at radius 2 is 1.78 bits per heavy atom. The molecule has 1 heterocycles. The number of carbonyl (C=O) groups is 3. The Labute approximate surface area is 114 Å². The maximum atomic E-state index is 12.0. The van der Waals surface area contributed by atoms with Gasteiger partial charge in [0.05, 0.1) is 0 Å². The molecule has 0 aromatic carbocycles. The molecule has 0 spiro atoms. The fourth-order valence-electron chi connectivity index (χ4n) is 1.70. The van der Waals surface area contributed by atoms with Crippen molar-refractivity contribution in [2.24, 2.45) is 5.41 Å². The van der Waals surface area contributed by atoms with Crippen LogP contribution >= 0.6 is 15.9 Å². The van der Waals surface area contributed by atoms with Gasteiger partial charge in [0.2, 0.25) is 11.8 Å². The van der Waals surface area contributed by atoms with E-state index in [4.69, 9.17) is 0 Å². The van der Waals surface area contributed by atoms with E-state index in [0.29, 0.717) is 4.48 Å². The van der Waals surface area contributed by atoms with Crippen molar-refractivity contribution >= 4 is 33.8 Å². The Morgan fingerprint density at radius 1 is 1.28 bits per heavy atom. The summed E-state index contributed by atoms with van der Waals surface area (Å²) in [6.45, 7) is 7.41. The van der Waals surface area contributed by atoms with Crippen molar-refractivity contribution < 1.29 is 14.4 Å². The first kappa shape index (κ1) is 14.6. The molecule has 6 heteroatoms. The topological polar surface area (TPSA) is 75.3 Å². The molecular weight excluding hydrogens is 300 g/mol. The molecule has 0 atom stereocenters. The van der Waals surface area contributed by atoms with Gasteiger partial charge in [-0.1, -0.05) is 34.2 Å². The first-order valence-corrected chi connectivity index (χ1v) is 6.21. The van der Waals surface area contributed by atoms with Crippen LogP contribution < -0.4 is 10.6 Å². The van der Waals surface area contributed by atoms with Crippen LogP contribution in [0.15, 0.2) is 22.7 Å². The minimum atomic E-state index is -1.31. The Morgan fingerprint density at radius 3 is 2.17 bits per heavy atom. The third kappa shape index (κ3) is 3.07. The summed E-state index contributed by atoms with van der Waals surface area (Å²) >= 11 is 3.16. The molecule has 0 aliphatic carbocycles. The van der Waals surface area contributed by atoms with Crippen LogP contribution in [-0.2, 0) is 9.59 Å². The molecule has 0 unspecified atom stereocenters. The van der Waals surface area contributed by atoms with Crippen molar-refractivity contribution in [3.05, 3.63) is 22.7 Å². The highest BCUT2D eigenvalue weighted by molar-refractivity contribution is 9.11. The Hall–Kier alpha value is -1.43. The van der Waals surface area contributed by atoms with E-state index in [1.54, 1.807) is 6.08 Å². The van der Waals surface area contributed by atoms with Crippen LogP contribution in [-0.4, -0.2) is 17.8 Å². The zero-order valence-corrected chi connectivity index (χ0v) is 11.9. The lowest BCUT2D eigenvalue weighted by atomic mass is 9.77. The second-order valence-corrected chi connectivity index (χ2v) is 5.62. The number of carbonyl (C=O) groups excluding carboxylic acids is 3. The molecule has 5 nitrogen and oxygen atoms in total. The minimum Gasteiger partial charge on any atom is -0.277 e. The number of halogens is 1. The van der Waals surface area contributed by atoms with Gasteiger partial charge in [0.25, 0.3) is 0 Å². The summed E-state index contributed by atoms with van der Waals surface area (Å²) in [5.74, 6) is -1.18. The van der Waals surface area contributed by atoms with Gasteiger partial charge in [-0.05, 0) is 24.8 Å². The Bertz CT molecular complexity index is 430. The molecule has 2 N–H and O–H groups in total. The average molecular weight is 315 g/mol. The van der Waals surface area contributed by atoms with E-state index < -0.39 is 23.3 Å². The molecule has 4 amide bonds. The van der Waals surface area contributed by atoms with E-state index in [9.17, 15) is 14.4 Å². The summed E-state index contributed by atoms with van der Waals surface area (Å²) in [4.78, 5) is 35.1. The normalized spacial score (nSPS) is 17.8. The number of barbiturate groups is 1. The summed E-state index contributed by atoms with van der Waals surface area (Å²) in [5.41, 5.74) is -0.321. The van der Waals surface area contributed by atoms with E-state index in [1.807, 2.05) is 13.8 Å². The lowest BCUT2D eigenvalue weighted by molar-refractivity contribution is -0.144. The van der Waals surface area contributed by atoms with Gasteiger partial charge in [-0.3, -0.25) is 20.2 Å². The fraction of sp³-hybridized carbons (Fsp3) is 0.417. The predicted molar refractivity (Wildman–Crippen MR) is 70.8 cm³/mol. The van der Waals surface area contributed by atoms with Crippen molar-refractivity contribution in [3.8, 4) is 0 Å². The van der Waals surface area contributed by atoms with Crippen LogP contribution in [0, 0.1) is 5.41 Å². The lowest BCUT2D eigenvalue weighted by Gasteiger charge is -2.33. The Balaban J connectivity index is 3.13. The fourth-order valence-corrected chi connectivity index (χ4v) is 2.18. The molecule has 0 bridgehead atoms. The van der Waals surface area contributed by atoms with Crippen LogP contribution in [0.4, 0.5) is 4.79 Å². The van der Waals surface area contributed by atoms with Crippen molar-refractivity contribution in [1.29, 1.82) is 0 Å². The van der Waals surface area contributed by atoms with Gasteiger partial charge in [0, 0.05) is 6.42 Å². The zero-order chi connectivity index (χ0) is 13.9. The lowest BCUT2D eigenvalue weighted by Crippen LogP contribution is -2.62. The van der Waals surface area contributed by atoms with Crippen LogP contribution in [0.1, 0.15) is 26.7 Å². The second kappa shape index (κ2) is 5.48. The molecule has 18 heavy (non-hydrogen) atoms. The van der Waals surface area contributed by atoms with Gasteiger partial charge < -0.3 is 0 Å². The highest BCUT2D eigenvalue weighted by Gasteiger charge is 2.49. The van der Waals surface area contributed by atoms with Gasteiger partial charge in [-0.15, -0.1) is 0 Å². The first-order chi connectivity index (χ1) is 8.28. The monoisotopic (exact) mass is 314 g/mol. The number of amides is 4. The summed E-state index contributed by atoms with van der Waals surface area (Å²) in [7, 11) is 0. The largest absolute Gasteiger partial charge is 0.328 e. The molecule has 1 rings (SSSR count). The van der Waals surface area contributed by atoms with Crippen LogP contribution in [0.5, 0.6) is 0 Å². The maximum absolute atomic E-state index is 12.0. The molecule has 0 aromatic rings. The van der Waals surface area contributed by atoms with Gasteiger partial charge >= 0.3 is 6.03 Å². The van der Waals surface area contributed by atoms with Crippen LogP contribution in [0.2, 0.25) is 0 Å². The van der Waals surface area contributed by atoms with Crippen molar-refractivity contribution in [2.45, 2.75) is 26.7 Å². The smallest absolute Gasteiger partial charge is 0.277 e. The third-order valence-electron chi connectivity index (χ3n) is 2.68. The molecule has 0 saturated carbocycles. The highest BCUT2D eigenvalue weighted by Crippen LogP contribution is 2.35. The summed E-state index contributed by atoms with van der Waals surface area (Å²) in [6, 6.07) is -0.780. The number of imide groups is 2.